The number of benzene rings is 2. The number of halogens is 9. The van der Waals surface area contributed by atoms with E-state index in [1.165, 1.54) is 36.7 Å². The van der Waals surface area contributed by atoms with E-state index in [9.17, 15) is 39.2 Å². The molecule has 10 nitrogen and oxygen atoms in total. The number of rotatable bonds is 14. The molecule has 8 rings (SSSR count). The maximum atomic E-state index is 15.4. The minimum atomic E-state index is -4.11. The lowest BCUT2D eigenvalue weighted by Crippen LogP contribution is -2.33. The number of ketones is 1. The van der Waals surface area contributed by atoms with Gasteiger partial charge in [-0.05, 0) is 87.8 Å². The summed E-state index contributed by atoms with van der Waals surface area (Å²) < 4.78 is 171. The van der Waals surface area contributed by atoms with E-state index in [1.807, 2.05) is 0 Å². The van der Waals surface area contributed by atoms with E-state index in [0.717, 1.165) is 12.1 Å². The number of hydrogen-bond donors (Lipinski definition) is 0. The summed E-state index contributed by atoms with van der Waals surface area (Å²) in [5, 5.41) is 7.23. The van der Waals surface area contributed by atoms with Crippen LogP contribution in [0.2, 0.25) is 5.02 Å². The van der Waals surface area contributed by atoms with E-state index >= 15 is 17.6 Å². The van der Waals surface area contributed by atoms with Gasteiger partial charge in [-0.15, -0.1) is 0 Å². The smallest absolute Gasteiger partial charge is 0.290 e. The quantitative estimate of drug-likeness (QED) is 0.0794. The van der Waals surface area contributed by atoms with Gasteiger partial charge in [0.05, 0.1) is 43.7 Å². The minimum absolute atomic E-state index is 0.0118. The number of pyridine rings is 1. The van der Waals surface area contributed by atoms with Gasteiger partial charge in [0.1, 0.15) is 40.0 Å². The van der Waals surface area contributed by atoms with Gasteiger partial charge < -0.3 is 0 Å². The van der Waals surface area contributed by atoms with E-state index in [1.54, 1.807) is 13.1 Å². The summed E-state index contributed by atoms with van der Waals surface area (Å²) in [4.78, 5) is 19.0. The van der Waals surface area contributed by atoms with Crippen LogP contribution >= 0.6 is 11.6 Å². The number of aryl methyl sites for hydroxylation is 1. The van der Waals surface area contributed by atoms with Crippen LogP contribution in [0.5, 0.6) is 0 Å². The molecule has 346 valence electrons. The second-order valence-electron chi connectivity index (χ2n) is 17.4. The van der Waals surface area contributed by atoms with Gasteiger partial charge >= 0.3 is 0 Å². The van der Waals surface area contributed by atoms with Gasteiger partial charge in [-0.2, -0.15) is 19.0 Å². The van der Waals surface area contributed by atoms with Gasteiger partial charge in [0.25, 0.3) is 18.3 Å². The Bertz CT molecular complexity index is 3040. The molecular formula is C44H40ClF8N5O5S2. The third-order valence-electron chi connectivity index (χ3n) is 12.0. The number of nitrogens with zero attached hydrogens (tertiary/aromatic N) is 5. The Hall–Kier alpha value is -4.87. The summed E-state index contributed by atoms with van der Waals surface area (Å²) >= 11 is 6.72. The van der Waals surface area contributed by atoms with Crippen molar-refractivity contribution in [1.29, 1.82) is 0 Å². The van der Waals surface area contributed by atoms with Crippen LogP contribution in [0.4, 0.5) is 35.1 Å². The van der Waals surface area contributed by atoms with Gasteiger partial charge in [0, 0.05) is 54.8 Å². The average molecular weight is 970 g/mol. The molecular weight excluding hydrogens is 930 g/mol. The summed E-state index contributed by atoms with van der Waals surface area (Å²) in [6.45, 7) is 1.68. The van der Waals surface area contributed by atoms with Crippen molar-refractivity contribution < 1.29 is 56.8 Å². The number of carbonyl (C=O) groups excluding carboxylic acids is 1. The summed E-state index contributed by atoms with van der Waals surface area (Å²) in [7, 11) is -5.79. The second-order valence-corrected chi connectivity index (χ2v) is 22.9. The largest absolute Gasteiger partial charge is 0.298 e. The normalized spacial score (nSPS) is 17.8. The summed E-state index contributed by atoms with van der Waals surface area (Å²) in [5.74, 6) is -7.31. The average Bonchev–Trinajstić information content (AvgIpc) is 4.15. The van der Waals surface area contributed by atoms with Crippen LogP contribution in [0.25, 0.3) is 22.0 Å². The Balaban J connectivity index is 1.30. The third kappa shape index (κ3) is 9.04. The second kappa shape index (κ2) is 16.5. The zero-order chi connectivity index (χ0) is 47.2. The molecule has 21 heteroatoms. The van der Waals surface area contributed by atoms with Gasteiger partial charge in [0.15, 0.2) is 25.5 Å². The fourth-order valence-corrected chi connectivity index (χ4v) is 12.2. The van der Waals surface area contributed by atoms with Crippen molar-refractivity contribution in [3.8, 4) is 23.0 Å². The van der Waals surface area contributed by atoms with E-state index < -0.39 is 125 Å². The van der Waals surface area contributed by atoms with Crippen LogP contribution in [-0.2, 0) is 62.1 Å². The summed E-state index contributed by atoms with van der Waals surface area (Å²) in [6.07, 6.45) is -5.73. The van der Waals surface area contributed by atoms with Gasteiger partial charge in [0.2, 0.25) is 0 Å². The van der Waals surface area contributed by atoms with Crippen molar-refractivity contribution in [2.24, 2.45) is 7.05 Å². The highest BCUT2D eigenvalue weighted by molar-refractivity contribution is 7.93. The molecule has 0 bridgehead atoms. The summed E-state index contributed by atoms with van der Waals surface area (Å²) in [5.41, 5.74) is -3.84. The van der Waals surface area contributed by atoms with Crippen LogP contribution in [0.1, 0.15) is 111 Å². The Morgan fingerprint density at radius 3 is 2.15 bits per heavy atom. The first kappa shape index (κ1) is 46.7. The van der Waals surface area contributed by atoms with Gasteiger partial charge in [-0.1, -0.05) is 23.6 Å². The van der Waals surface area contributed by atoms with Crippen molar-refractivity contribution >= 4 is 48.0 Å². The molecule has 1 atom stereocenters. The zero-order valence-corrected chi connectivity index (χ0v) is 37.3. The topological polar surface area (TPSA) is 134 Å². The van der Waals surface area contributed by atoms with Crippen LogP contribution in [0.15, 0.2) is 42.5 Å². The molecule has 2 aromatic carbocycles. The van der Waals surface area contributed by atoms with Crippen molar-refractivity contribution in [2.45, 2.75) is 117 Å². The highest BCUT2D eigenvalue weighted by atomic mass is 35.5. The van der Waals surface area contributed by atoms with Crippen LogP contribution < -0.4 is 0 Å². The fraction of sp³-hybridized carbons (Fsp3) is 0.455. The van der Waals surface area contributed by atoms with Gasteiger partial charge in [-0.25, -0.2) is 48.2 Å². The third-order valence-corrected chi connectivity index (χ3v) is 17.4. The lowest BCUT2D eigenvalue weighted by atomic mass is 9.86. The fourth-order valence-electron chi connectivity index (χ4n) is 8.50. The van der Waals surface area contributed by atoms with E-state index in [0.29, 0.717) is 42.8 Å². The number of aromatic nitrogens is 5. The lowest BCUT2D eigenvalue weighted by Gasteiger charge is -2.29. The van der Waals surface area contributed by atoms with E-state index in [-0.39, 0.29) is 49.7 Å². The molecule has 0 amide bonds. The number of carbonyl (C=O) groups is 1. The highest BCUT2D eigenvalue weighted by Crippen LogP contribution is 2.52. The van der Waals surface area contributed by atoms with Crippen molar-refractivity contribution in [3.63, 3.8) is 0 Å². The number of alkyl halides is 6. The number of hydrogen-bond acceptors (Lipinski definition) is 8. The van der Waals surface area contributed by atoms with Gasteiger partial charge in [-0.3, -0.25) is 14.2 Å². The predicted molar refractivity (Wildman–Crippen MR) is 224 cm³/mol. The van der Waals surface area contributed by atoms with Crippen LogP contribution in [0, 0.1) is 23.5 Å². The predicted octanol–water partition coefficient (Wildman–Crippen LogP) is 9.45. The molecule has 3 heterocycles. The lowest BCUT2D eigenvalue weighted by molar-refractivity contribution is -0.121. The molecule has 0 N–H and O–H groups in total. The molecule has 3 aromatic heterocycles. The molecule has 65 heavy (non-hydrogen) atoms. The Morgan fingerprint density at radius 1 is 0.892 bits per heavy atom. The Labute approximate surface area is 373 Å². The summed E-state index contributed by atoms with van der Waals surface area (Å²) in [6, 6.07) is 8.58. The number of fused-ring (bicyclic) bond motifs is 2. The van der Waals surface area contributed by atoms with Crippen molar-refractivity contribution in [3.05, 3.63) is 98.7 Å². The number of sulfone groups is 2. The molecule has 2 fully saturated rings. The first-order valence-electron chi connectivity index (χ1n) is 20.6. The molecule has 5 aromatic rings. The molecule has 0 radical (unpaired) electrons. The maximum absolute atomic E-state index is 15.4. The van der Waals surface area contributed by atoms with Crippen LogP contribution in [-0.4, -0.2) is 62.4 Å². The Morgan fingerprint density at radius 2 is 1.52 bits per heavy atom. The van der Waals surface area contributed by atoms with E-state index in [2.05, 4.69) is 22.0 Å². The zero-order valence-electron chi connectivity index (χ0n) is 34.9. The first-order valence-corrected chi connectivity index (χ1v) is 24.2. The van der Waals surface area contributed by atoms with Crippen LogP contribution in [0.3, 0.4) is 0 Å². The molecule has 0 saturated heterocycles. The first-order chi connectivity index (χ1) is 30.3. The SMILES string of the molecule is Cn1nc(CS(=O)(=O)C2CC2)c2c(Cl)ccc(-c3ccc(C#CC(C)(C)S(=O)(=O)C4CC4)nc3[C@@H](CC(=O)Cn3nc(C(F)F)c4c3C(F)(F)CCC4(F)F)Cc3cc(F)cc(F)c3)c21. The molecule has 0 unspecified atom stereocenters. The monoisotopic (exact) mass is 969 g/mol. The van der Waals surface area contributed by atoms with E-state index in [4.69, 9.17) is 16.6 Å². The molecule has 3 aliphatic carbocycles. The standard InChI is InChI=1S/C44H40ClF8N5O5S2/c1-42(2,65(62,63)30-7-8-30)13-12-27-4-9-31(32-10-11-33(45)35-34(55-57(3)39(32)35)22-64(60,61)29-5-6-29)37(54-27)24(16-23-17-25(46)20-26(47)18-23)19-28(59)21-58-40-36(38(56-58)41(48)49)43(50,51)14-15-44(40,52)53/h4,9-11,17-18,20,24,29-30,41H,5-8,14-16,19,21-22H2,1-3H3/t24-/m1/s1. The van der Waals surface area contributed by atoms with Crippen molar-refractivity contribution in [1.82, 2.24) is 24.5 Å². The molecule has 3 aliphatic rings. The minimum Gasteiger partial charge on any atom is -0.298 e. The Kier molecular flexibility index (Phi) is 11.8. The highest BCUT2D eigenvalue weighted by Gasteiger charge is 2.55. The van der Waals surface area contributed by atoms with Crippen molar-refractivity contribution in [2.75, 3.05) is 0 Å². The molecule has 0 aliphatic heterocycles. The number of Topliss-reactive ketones (excluding diaryl/α,β-unsaturated/α-hetero) is 1. The molecule has 0 spiro atoms. The maximum Gasteiger partial charge on any atom is 0.290 e. The molecule has 2 saturated carbocycles.